The molecule has 0 aliphatic rings. The Morgan fingerprint density at radius 1 is 1.08 bits per heavy atom. The van der Waals surface area contributed by atoms with Crippen molar-refractivity contribution in [3.8, 4) is 5.75 Å². The average molecular weight is 418 g/mol. The molecule has 0 aliphatic carbocycles. The van der Waals surface area contributed by atoms with Crippen LogP contribution in [0, 0.1) is 0 Å². The van der Waals surface area contributed by atoms with E-state index >= 15 is 0 Å². The largest absolute Gasteiger partial charge is 0.506 e. The first kappa shape index (κ1) is 22.8. The zero-order chi connectivity index (χ0) is 18.8. The van der Waals surface area contributed by atoms with Gasteiger partial charge in [-0.2, -0.15) is 0 Å². The van der Waals surface area contributed by atoms with Gasteiger partial charge in [-0.3, -0.25) is 0 Å². The van der Waals surface area contributed by atoms with E-state index in [0.717, 1.165) is 17.4 Å². The van der Waals surface area contributed by atoms with Crippen LogP contribution in [0.1, 0.15) is 37.5 Å². The number of halogens is 2. The molecule has 0 amide bonds. The van der Waals surface area contributed by atoms with Gasteiger partial charge in [0.25, 0.3) is 0 Å². The fourth-order valence-electron chi connectivity index (χ4n) is 2.49. The first-order valence-corrected chi connectivity index (χ1v) is 10.3. The highest BCUT2D eigenvalue weighted by Gasteiger charge is 2.23. The van der Waals surface area contributed by atoms with Crippen molar-refractivity contribution in [3.05, 3.63) is 58.1 Å². The molecule has 0 fully saturated rings. The number of hydrogen-bond donors (Lipinski definition) is 2. The number of benzene rings is 2. The lowest BCUT2D eigenvalue weighted by molar-refractivity contribution is 0.446. The first-order valence-electron chi connectivity index (χ1n) is 8.00. The van der Waals surface area contributed by atoms with Crippen molar-refractivity contribution in [2.75, 3.05) is 6.26 Å². The molecule has 0 saturated carbocycles. The van der Waals surface area contributed by atoms with Crippen molar-refractivity contribution in [3.63, 3.8) is 0 Å². The predicted molar refractivity (Wildman–Crippen MR) is 109 cm³/mol. The summed E-state index contributed by atoms with van der Waals surface area (Å²) in [5.41, 5.74) is 2.13. The summed E-state index contributed by atoms with van der Waals surface area (Å²) in [6.45, 7) is 6.88. The molecule has 0 unspecified atom stereocenters. The summed E-state index contributed by atoms with van der Waals surface area (Å²) >= 11 is 6.14. The Balaban J connectivity index is 0.00000338. The van der Waals surface area contributed by atoms with E-state index in [4.69, 9.17) is 11.6 Å². The van der Waals surface area contributed by atoms with Crippen LogP contribution in [0.25, 0.3) is 0 Å². The molecule has 0 heterocycles. The van der Waals surface area contributed by atoms with Crippen LogP contribution in [0.15, 0.2) is 41.3 Å². The molecule has 0 aromatic heterocycles. The highest BCUT2D eigenvalue weighted by Crippen LogP contribution is 2.33. The van der Waals surface area contributed by atoms with Crippen molar-refractivity contribution in [2.24, 2.45) is 0 Å². The van der Waals surface area contributed by atoms with Gasteiger partial charge in [-0.25, -0.2) is 8.42 Å². The molecule has 0 radical (unpaired) electrons. The third-order valence-corrected chi connectivity index (χ3v) is 5.49. The molecule has 0 aliphatic heterocycles. The normalized spacial score (nSPS) is 11.9. The van der Waals surface area contributed by atoms with Crippen LogP contribution in [0.3, 0.4) is 0 Å². The van der Waals surface area contributed by atoms with Crippen LogP contribution >= 0.6 is 24.0 Å². The number of phenolic OH excluding ortho intramolecular Hbond substituents is 1. The fourth-order valence-corrected chi connectivity index (χ4v) is 3.52. The molecule has 4 nitrogen and oxygen atoms in total. The fraction of sp³-hybridized carbons (Fsp3) is 0.368. The molecule has 144 valence electrons. The lowest BCUT2D eigenvalue weighted by Crippen LogP contribution is -2.17. The van der Waals surface area contributed by atoms with Crippen LogP contribution in [0.2, 0.25) is 5.02 Å². The molecule has 2 rings (SSSR count). The van der Waals surface area contributed by atoms with E-state index in [2.05, 4.69) is 5.32 Å². The number of phenols is 1. The van der Waals surface area contributed by atoms with Crippen LogP contribution in [-0.2, 0) is 28.3 Å². The van der Waals surface area contributed by atoms with Gasteiger partial charge in [-0.05, 0) is 28.7 Å². The average Bonchev–Trinajstić information content (AvgIpc) is 2.48. The van der Waals surface area contributed by atoms with Gasteiger partial charge >= 0.3 is 0 Å². The minimum absolute atomic E-state index is 0. The maximum absolute atomic E-state index is 12.0. The topological polar surface area (TPSA) is 66.4 Å². The molecule has 2 aromatic carbocycles. The Hall–Kier alpha value is -1.27. The second-order valence-corrected chi connectivity index (χ2v) is 9.59. The van der Waals surface area contributed by atoms with E-state index in [1.165, 1.54) is 0 Å². The quantitative estimate of drug-likeness (QED) is 0.753. The second kappa shape index (κ2) is 8.61. The number of nitrogens with one attached hydrogen (secondary N) is 1. The van der Waals surface area contributed by atoms with Gasteiger partial charge in [0.1, 0.15) is 10.6 Å². The molecule has 0 spiro atoms. The lowest BCUT2D eigenvalue weighted by atomic mass is 9.86. The van der Waals surface area contributed by atoms with E-state index in [-0.39, 0.29) is 28.5 Å². The summed E-state index contributed by atoms with van der Waals surface area (Å²) in [4.78, 5) is -0.0329. The molecule has 2 N–H and O–H groups in total. The summed E-state index contributed by atoms with van der Waals surface area (Å²) in [7, 11) is -3.52. The van der Waals surface area contributed by atoms with Gasteiger partial charge in [-0.15, -0.1) is 12.4 Å². The van der Waals surface area contributed by atoms with Crippen molar-refractivity contribution in [1.82, 2.24) is 5.32 Å². The highest BCUT2D eigenvalue weighted by molar-refractivity contribution is 7.90. The lowest BCUT2D eigenvalue weighted by Gasteiger charge is -2.22. The Morgan fingerprint density at radius 3 is 2.19 bits per heavy atom. The number of sulfone groups is 1. The highest BCUT2D eigenvalue weighted by atomic mass is 35.5. The standard InChI is InChI=1S/C19H24ClNO3S.ClH/c1-19(2,3)15-9-14(18(22)17(10-15)25(4,23)24)12-21-11-13-7-5-6-8-16(13)20;/h5-10,21-22H,11-12H2,1-4H3;1H. The number of hydrogen-bond acceptors (Lipinski definition) is 4. The molecule has 7 heteroatoms. The van der Waals surface area contributed by atoms with Gasteiger partial charge in [0.15, 0.2) is 9.84 Å². The Bertz CT molecular complexity index is 875. The molecule has 0 bridgehead atoms. The summed E-state index contributed by atoms with van der Waals surface area (Å²) in [6.07, 6.45) is 1.11. The maximum Gasteiger partial charge on any atom is 0.179 e. The van der Waals surface area contributed by atoms with E-state index in [9.17, 15) is 13.5 Å². The zero-order valence-corrected chi connectivity index (χ0v) is 17.7. The Morgan fingerprint density at radius 2 is 1.65 bits per heavy atom. The minimum atomic E-state index is -3.52. The maximum atomic E-state index is 12.0. The monoisotopic (exact) mass is 417 g/mol. The zero-order valence-electron chi connectivity index (χ0n) is 15.3. The predicted octanol–water partition coefficient (Wildman–Crippen LogP) is 4.46. The second-order valence-electron chi connectivity index (χ2n) is 7.20. The van der Waals surface area contributed by atoms with Crippen LogP contribution in [0.4, 0.5) is 0 Å². The minimum Gasteiger partial charge on any atom is -0.506 e. The van der Waals surface area contributed by atoms with E-state index in [1.54, 1.807) is 6.07 Å². The first-order chi connectivity index (χ1) is 11.5. The van der Waals surface area contributed by atoms with Crippen LogP contribution in [0.5, 0.6) is 5.75 Å². The SMILES string of the molecule is CC(C)(C)c1cc(CNCc2ccccc2Cl)c(O)c(S(C)(=O)=O)c1.Cl. The van der Waals surface area contributed by atoms with Crippen LogP contribution in [-0.4, -0.2) is 19.8 Å². The number of aromatic hydroxyl groups is 1. The molecule has 0 saturated heterocycles. The number of rotatable bonds is 5. The third-order valence-electron chi connectivity index (χ3n) is 4.01. The van der Waals surface area contributed by atoms with Gasteiger partial charge in [0.2, 0.25) is 0 Å². The summed E-state index contributed by atoms with van der Waals surface area (Å²) in [6, 6.07) is 10.9. The smallest absolute Gasteiger partial charge is 0.179 e. The van der Waals surface area contributed by atoms with Crippen molar-refractivity contribution in [2.45, 2.75) is 44.2 Å². The molecular weight excluding hydrogens is 393 g/mol. The Kier molecular flexibility index (Phi) is 7.54. The van der Waals surface area contributed by atoms with E-state index < -0.39 is 9.84 Å². The van der Waals surface area contributed by atoms with Gasteiger partial charge in [0, 0.05) is 29.9 Å². The summed E-state index contributed by atoms with van der Waals surface area (Å²) in [5, 5.41) is 14.3. The third kappa shape index (κ3) is 5.61. The molecule has 0 atom stereocenters. The summed E-state index contributed by atoms with van der Waals surface area (Å²) < 4.78 is 24.1. The molecular formula is C19H25Cl2NO3S. The van der Waals surface area contributed by atoms with Crippen molar-refractivity contribution < 1.29 is 13.5 Å². The Labute approximate surface area is 166 Å². The molecule has 26 heavy (non-hydrogen) atoms. The van der Waals surface area contributed by atoms with E-state index in [1.807, 2.05) is 51.1 Å². The van der Waals surface area contributed by atoms with Crippen molar-refractivity contribution in [1.29, 1.82) is 0 Å². The van der Waals surface area contributed by atoms with Crippen molar-refractivity contribution >= 4 is 33.8 Å². The van der Waals surface area contributed by atoms with Gasteiger partial charge in [-0.1, -0.05) is 56.6 Å². The van der Waals surface area contributed by atoms with Gasteiger partial charge in [0.05, 0.1) is 0 Å². The summed E-state index contributed by atoms with van der Waals surface area (Å²) in [5.74, 6) is -0.192. The molecule has 2 aromatic rings. The van der Waals surface area contributed by atoms with Gasteiger partial charge < -0.3 is 10.4 Å². The van der Waals surface area contributed by atoms with E-state index in [0.29, 0.717) is 23.7 Å². The van der Waals surface area contributed by atoms with Crippen LogP contribution < -0.4 is 5.32 Å².